The van der Waals surface area contributed by atoms with Crippen molar-refractivity contribution in [2.24, 2.45) is 0 Å². The Morgan fingerprint density at radius 1 is 0.800 bits per heavy atom. The van der Waals surface area contributed by atoms with Crippen molar-refractivity contribution in [3.8, 4) is 11.1 Å². The van der Waals surface area contributed by atoms with Gasteiger partial charge in [0, 0.05) is 16.0 Å². The summed E-state index contributed by atoms with van der Waals surface area (Å²) in [7, 11) is 0. The number of benzene rings is 2. The number of fused-ring (bicyclic) bond motifs is 3. The van der Waals surface area contributed by atoms with Crippen LogP contribution in [-0.2, 0) is 0 Å². The summed E-state index contributed by atoms with van der Waals surface area (Å²) >= 11 is 4.33. The van der Waals surface area contributed by atoms with Crippen LogP contribution in [0, 0.1) is 0 Å². The zero-order valence-electron chi connectivity index (χ0n) is 7.90. The topological polar surface area (TPSA) is 17.1 Å². The Hall–Kier alpha value is -1.54. The molecular formula is C13H8OS. The molecule has 0 fully saturated rings. The molecule has 0 aliphatic heterocycles. The molecule has 0 unspecified atom stereocenters. The largest absolute Gasteiger partial charge is 0.289 e. The predicted molar refractivity (Wildman–Crippen MR) is 62.6 cm³/mol. The lowest BCUT2D eigenvalue weighted by Gasteiger charge is -2.00. The van der Waals surface area contributed by atoms with Crippen molar-refractivity contribution in [1.29, 1.82) is 0 Å². The van der Waals surface area contributed by atoms with E-state index in [0.717, 1.165) is 27.1 Å². The highest BCUT2D eigenvalue weighted by molar-refractivity contribution is 7.80. The van der Waals surface area contributed by atoms with E-state index < -0.39 is 0 Å². The summed E-state index contributed by atoms with van der Waals surface area (Å²) in [4.78, 5) is 12.8. The summed E-state index contributed by atoms with van der Waals surface area (Å²) in [5.74, 6) is 0.0891. The van der Waals surface area contributed by atoms with Crippen LogP contribution in [0.1, 0.15) is 15.9 Å². The molecule has 0 heterocycles. The average molecular weight is 212 g/mol. The van der Waals surface area contributed by atoms with Gasteiger partial charge in [0.05, 0.1) is 0 Å². The first-order valence-corrected chi connectivity index (χ1v) is 5.20. The average Bonchev–Trinajstić information content (AvgIpc) is 2.55. The Balaban J connectivity index is 2.43. The fourth-order valence-corrected chi connectivity index (χ4v) is 2.36. The fraction of sp³-hybridized carbons (Fsp3) is 0. The van der Waals surface area contributed by atoms with Gasteiger partial charge in [-0.05, 0) is 17.2 Å². The lowest BCUT2D eigenvalue weighted by molar-refractivity contribution is 0.104. The van der Waals surface area contributed by atoms with Crippen LogP contribution < -0.4 is 0 Å². The van der Waals surface area contributed by atoms with Crippen molar-refractivity contribution < 1.29 is 4.79 Å². The molecule has 0 N–H and O–H groups in total. The highest BCUT2D eigenvalue weighted by Crippen LogP contribution is 2.38. The maximum Gasteiger partial charge on any atom is 0.195 e. The van der Waals surface area contributed by atoms with Crippen LogP contribution >= 0.6 is 12.6 Å². The summed E-state index contributed by atoms with van der Waals surface area (Å²) in [6.45, 7) is 0. The van der Waals surface area contributed by atoms with E-state index in [-0.39, 0.29) is 5.78 Å². The molecule has 0 aromatic heterocycles. The van der Waals surface area contributed by atoms with Crippen LogP contribution in [0.25, 0.3) is 11.1 Å². The lowest BCUT2D eigenvalue weighted by Crippen LogP contribution is -1.95. The Morgan fingerprint density at radius 2 is 1.47 bits per heavy atom. The quantitative estimate of drug-likeness (QED) is 0.566. The molecular weight excluding hydrogens is 204 g/mol. The van der Waals surface area contributed by atoms with E-state index in [1.807, 2.05) is 42.5 Å². The minimum absolute atomic E-state index is 0.0891. The first kappa shape index (κ1) is 8.74. The van der Waals surface area contributed by atoms with Crippen molar-refractivity contribution in [1.82, 2.24) is 0 Å². The van der Waals surface area contributed by atoms with E-state index in [9.17, 15) is 4.79 Å². The summed E-state index contributed by atoms with van der Waals surface area (Å²) in [5, 5.41) is 0. The molecule has 2 heteroatoms. The molecule has 1 aliphatic carbocycles. The third-order valence-electron chi connectivity index (χ3n) is 2.73. The van der Waals surface area contributed by atoms with Gasteiger partial charge < -0.3 is 0 Å². The summed E-state index contributed by atoms with van der Waals surface area (Å²) in [5.41, 5.74) is 3.55. The Labute approximate surface area is 93.2 Å². The Morgan fingerprint density at radius 3 is 2.27 bits per heavy atom. The molecule has 1 nitrogen and oxygen atoms in total. The second-order valence-electron chi connectivity index (χ2n) is 3.57. The van der Waals surface area contributed by atoms with Crippen molar-refractivity contribution in [2.45, 2.75) is 4.90 Å². The highest BCUT2D eigenvalue weighted by Gasteiger charge is 2.27. The van der Waals surface area contributed by atoms with Gasteiger partial charge in [0.25, 0.3) is 0 Å². The van der Waals surface area contributed by atoms with Gasteiger partial charge in [-0.1, -0.05) is 36.4 Å². The number of rotatable bonds is 0. The predicted octanol–water partition coefficient (Wildman–Crippen LogP) is 3.19. The van der Waals surface area contributed by atoms with Crippen molar-refractivity contribution in [3.63, 3.8) is 0 Å². The first-order valence-electron chi connectivity index (χ1n) is 4.75. The molecule has 0 spiro atoms. The second-order valence-corrected chi connectivity index (χ2v) is 4.06. The van der Waals surface area contributed by atoms with E-state index in [2.05, 4.69) is 12.6 Å². The van der Waals surface area contributed by atoms with E-state index in [1.165, 1.54) is 0 Å². The van der Waals surface area contributed by atoms with E-state index in [0.29, 0.717) is 0 Å². The molecule has 0 amide bonds. The van der Waals surface area contributed by atoms with Gasteiger partial charge in [-0.15, -0.1) is 12.6 Å². The van der Waals surface area contributed by atoms with Crippen molar-refractivity contribution in [3.05, 3.63) is 53.6 Å². The van der Waals surface area contributed by atoms with Crippen molar-refractivity contribution in [2.75, 3.05) is 0 Å². The summed E-state index contributed by atoms with van der Waals surface area (Å²) in [6.07, 6.45) is 0. The molecule has 0 atom stereocenters. The third kappa shape index (κ3) is 1.08. The zero-order chi connectivity index (χ0) is 10.4. The van der Waals surface area contributed by atoms with E-state index in [1.54, 1.807) is 0 Å². The van der Waals surface area contributed by atoms with Crippen LogP contribution in [0.2, 0.25) is 0 Å². The fourth-order valence-electron chi connectivity index (χ4n) is 2.05. The van der Waals surface area contributed by atoms with Gasteiger partial charge >= 0.3 is 0 Å². The third-order valence-corrected chi connectivity index (χ3v) is 3.10. The van der Waals surface area contributed by atoms with E-state index in [4.69, 9.17) is 0 Å². The minimum atomic E-state index is 0.0891. The molecule has 72 valence electrons. The maximum atomic E-state index is 12.1. The molecule has 2 aromatic carbocycles. The summed E-state index contributed by atoms with van der Waals surface area (Å²) in [6, 6.07) is 13.4. The molecule has 0 saturated carbocycles. The first-order chi connectivity index (χ1) is 7.29. The lowest BCUT2D eigenvalue weighted by atomic mass is 10.1. The number of hydrogen-bond acceptors (Lipinski definition) is 2. The van der Waals surface area contributed by atoms with E-state index >= 15 is 0 Å². The molecule has 0 radical (unpaired) electrons. The minimum Gasteiger partial charge on any atom is -0.289 e. The van der Waals surface area contributed by atoms with Crippen LogP contribution in [-0.4, -0.2) is 5.78 Å². The Kier molecular flexibility index (Phi) is 1.73. The molecule has 2 aromatic rings. The highest BCUT2D eigenvalue weighted by atomic mass is 32.1. The van der Waals surface area contributed by atoms with Gasteiger partial charge in [-0.3, -0.25) is 4.79 Å². The van der Waals surface area contributed by atoms with Gasteiger partial charge in [0.1, 0.15) is 0 Å². The molecule has 3 rings (SSSR count). The van der Waals surface area contributed by atoms with Crippen LogP contribution in [0.15, 0.2) is 47.4 Å². The number of carbonyl (C=O) groups excluding carboxylic acids is 1. The van der Waals surface area contributed by atoms with Gasteiger partial charge in [0.15, 0.2) is 5.78 Å². The van der Waals surface area contributed by atoms with Crippen LogP contribution in [0.3, 0.4) is 0 Å². The smallest absolute Gasteiger partial charge is 0.195 e. The van der Waals surface area contributed by atoms with Crippen LogP contribution in [0.4, 0.5) is 0 Å². The van der Waals surface area contributed by atoms with Gasteiger partial charge in [-0.2, -0.15) is 0 Å². The second kappa shape index (κ2) is 2.97. The standard InChI is InChI=1S/C13H8OS/c14-13-10-5-2-1-4-8(10)9-6-3-7-11(15)12(9)13/h1-7,15H. The monoisotopic (exact) mass is 212 g/mol. The molecule has 0 saturated heterocycles. The van der Waals surface area contributed by atoms with Gasteiger partial charge in [0.2, 0.25) is 0 Å². The maximum absolute atomic E-state index is 12.1. The normalized spacial score (nSPS) is 12.5. The summed E-state index contributed by atoms with van der Waals surface area (Å²) < 4.78 is 0. The molecule has 1 aliphatic rings. The SMILES string of the molecule is O=C1c2ccccc2-c2cccc(S)c21. The van der Waals surface area contributed by atoms with Gasteiger partial charge in [-0.25, -0.2) is 0 Å². The molecule has 0 bridgehead atoms. The number of hydrogen-bond donors (Lipinski definition) is 1. The number of ketones is 1. The van der Waals surface area contributed by atoms with Crippen LogP contribution in [0.5, 0.6) is 0 Å². The molecule has 15 heavy (non-hydrogen) atoms. The number of thiol groups is 1. The number of carbonyl (C=O) groups is 1. The zero-order valence-corrected chi connectivity index (χ0v) is 8.79. The Bertz CT molecular complexity index is 572. The van der Waals surface area contributed by atoms with Crippen molar-refractivity contribution >= 4 is 18.4 Å².